The van der Waals surface area contributed by atoms with E-state index < -0.39 is 6.04 Å². The molecule has 0 radical (unpaired) electrons. The Morgan fingerprint density at radius 1 is 1.80 bits per heavy atom. The zero-order chi connectivity index (χ0) is 11.3. The van der Waals surface area contributed by atoms with Gasteiger partial charge in [-0.2, -0.15) is 0 Å². The minimum Gasteiger partial charge on any atom is -0.384 e. The fourth-order valence-corrected chi connectivity index (χ4v) is 1.92. The molecule has 15 heavy (non-hydrogen) atoms. The summed E-state index contributed by atoms with van der Waals surface area (Å²) in [5.41, 5.74) is 5.73. The summed E-state index contributed by atoms with van der Waals surface area (Å²) in [5.74, 6) is 0.503. The Bertz CT molecular complexity index is 231. The summed E-state index contributed by atoms with van der Waals surface area (Å²) in [6.07, 6.45) is 3.25. The van der Waals surface area contributed by atoms with E-state index in [-0.39, 0.29) is 5.91 Å². The first-order valence-electron chi connectivity index (χ1n) is 5.33. The van der Waals surface area contributed by atoms with Gasteiger partial charge in [0.05, 0.1) is 12.6 Å². The van der Waals surface area contributed by atoms with E-state index in [4.69, 9.17) is 10.5 Å². The van der Waals surface area contributed by atoms with Crippen LogP contribution in [0.3, 0.4) is 0 Å². The summed E-state index contributed by atoms with van der Waals surface area (Å²) in [6, 6.07) is -0.427. The summed E-state index contributed by atoms with van der Waals surface area (Å²) in [6.45, 7) is 5.88. The van der Waals surface area contributed by atoms with Gasteiger partial charge in [0.25, 0.3) is 0 Å². The second-order valence-electron chi connectivity index (χ2n) is 4.03. The number of carbonyl (C=O) groups is 1. The Hall–Kier alpha value is -0.870. The fraction of sp³-hybridized carbons (Fsp3) is 0.727. The molecule has 1 aliphatic heterocycles. The molecule has 4 heteroatoms. The van der Waals surface area contributed by atoms with Crippen LogP contribution in [0.5, 0.6) is 0 Å². The highest BCUT2D eigenvalue weighted by Crippen LogP contribution is 2.17. The van der Waals surface area contributed by atoms with Crippen LogP contribution in [-0.4, -0.2) is 43.7 Å². The normalized spacial score (nSPS) is 22.8. The van der Waals surface area contributed by atoms with E-state index in [2.05, 4.69) is 6.58 Å². The monoisotopic (exact) mass is 212 g/mol. The first kappa shape index (κ1) is 12.2. The van der Waals surface area contributed by atoms with Crippen LogP contribution in [-0.2, 0) is 9.53 Å². The maximum atomic E-state index is 11.8. The molecular formula is C11H20N2O2. The third-order valence-corrected chi connectivity index (χ3v) is 2.74. The van der Waals surface area contributed by atoms with Crippen molar-refractivity contribution >= 4 is 5.91 Å². The molecule has 4 nitrogen and oxygen atoms in total. The van der Waals surface area contributed by atoms with Gasteiger partial charge in [-0.15, -0.1) is 6.58 Å². The summed E-state index contributed by atoms with van der Waals surface area (Å²) in [5, 5.41) is 0. The third-order valence-electron chi connectivity index (χ3n) is 2.74. The molecule has 0 aromatic heterocycles. The van der Waals surface area contributed by atoms with Crippen LogP contribution in [0, 0.1) is 5.92 Å². The minimum absolute atomic E-state index is 0.0357. The molecule has 0 aromatic carbocycles. The van der Waals surface area contributed by atoms with Crippen molar-refractivity contribution in [3.05, 3.63) is 12.7 Å². The van der Waals surface area contributed by atoms with Crippen LogP contribution in [0.15, 0.2) is 12.7 Å². The van der Waals surface area contributed by atoms with Crippen molar-refractivity contribution in [2.24, 2.45) is 11.7 Å². The molecule has 2 N–H and O–H groups in total. The Balaban J connectivity index is 2.39. The number of likely N-dealkylation sites (tertiary alicyclic amines) is 1. The standard InChI is InChI=1S/C11H20N2O2/c1-3-4-10(12)11(14)13-6-5-9(7-13)8-15-2/h3,9-10H,1,4-8,12H2,2H3. The van der Waals surface area contributed by atoms with Crippen molar-refractivity contribution in [2.75, 3.05) is 26.8 Å². The second-order valence-corrected chi connectivity index (χ2v) is 4.03. The number of hydrogen-bond acceptors (Lipinski definition) is 3. The number of nitrogens with two attached hydrogens (primary N) is 1. The molecule has 0 aliphatic carbocycles. The van der Waals surface area contributed by atoms with Gasteiger partial charge >= 0.3 is 0 Å². The van der Waals surface area contributed by atoms with E-state index in [0.29, 0.717) is 12.3 Å². The Kier molecular flexibility index (Phi) is 4.78. The molecule has 2 atom stereocenters. The van der Waals surface area contributed by atoms with Gasteiger partial charge in [0.2, 0.25) is 5.91 Å². The number of carbonyl (C=O) groups excluding carboxylic acids is 1. The van der Waals surface area contributed by atoms with Gasteiger partial charge in [-0.3, -0.25) is 4.79 Å². The molecule has 0 spiro atoms. The molecule has 2 unspecified atom stereocenters. The number of ether oxygens (including phenoxy) is 1. The number of rotatable bonds is 5. The van der Waals surface area contributed by atoms with Crippen LogP contribution >= 0.6 is 0 Å². The van der Waals surface area contributed by atoms with Gasteiger partial charge in [-0.25, -0.2) is 0 Å². The van der Waals surface area contributed by atoms with Crippen molar-refractivity contribution in [2.45, 2.75) is 18.9 Å². The highest BCUT2D eigenvalue weighted by Gasteiger charge is 2.28. The minimum atomic E-state index is -0.427. The predicted octanol–water partition coefficient (Wildman–Crippen LogP) is 0.385. The zero-order valence-electron chi connectivity index (χ0n) is 9.32. The molecule has 0 bridgehead atoms. The van der Waals surface area contributed by atoms with Crippen molar-refractivity contribution in [1.29, 1.82) is 0 Å². The Labute approximate surface area is 91.1 Å². The summed E-state index contributed by atoms with van der Waals surface area (Å²) < 4.78 is 5.08. The Morgan fingerprint density at radius 2 is 2.53 bits per heavy atom. The average Bonchev–Trinajstić information content (AvgIpc) is 2.66. The van der Waals surface area contributed by atoms with Gasteiger partial charge in [-0.1, -0.05) is 6.08 Å². The zero-order valence-corrected chi connectivity index (χ0v) is 9.32. The average molecular weight is 212 g/mol. The molecule has 1 fully saturated rings. The van der Waals surface area contributed by atoms with Gasteiger partial charge in [0.1, 0.15) is 0 Å². The summed E-state index contributed by atoms with van der Waals surface area (Å²) in [7, 11) is 1.69. The number of amides is 1. The van der Waals surface area contributed by atoms with Gasteiger partial charge in [0.15, 0.2) is 0 Å². The second kappa shape index (κ2) is 5.88. The molecule has 0 saturated carbocycles. The number of methoxy groups -OCH3 is 1. The van der Waals surface area contributed by atoms with Crippen LogP contribution in [0.25, 0.3) is 0 Å². The largest absolute Gasteiger partial charge is 0.384 e. The summed E-state index contributed by atoms with van der Waals surface area (Å²) in [4.78, 5) is 13.6. The highest BCUT2D eigenvalue weighted by atomic mass is 16.5. The Morgan fingerprint density at radius 3 is 3.13 bits per heavy atom. The number of hydrogen-bond donors (Lipinski definition) is 1. The maximum absolute atomic E-state index is 11.8. The molecule has 0 aromatic rings. The fourth-order valence-electron chi connectivity index (χ4n) is 1.92. The lowest BCUT2D eigenvalue weighted by molar-refractivity contribution is -0.131. The van der Waals surface area contributed by atoms with E-state index in [0.717, 1.165) is 26.1 Å². The van der Waals surface area contributed by atoms with Crippen LogP contribution in [0.4, 0.5) is 0 Å². The van der Waals surface area contributed by atoms with E-state index >= 15 is 0 Å². The van der Waals surface area contributed by atoms with Crippen molar-refractivity contribution in [1.82, 2.24) is 4.90 Å². The lowest BCUT2D eigenvalue weighted by Gasteiger charge is -2.20. The topological polar surface area (TPSA) is 55.6 Å². The van der Waals surface area contributed by atoms with Gasteiger partial charge in [0, 0.05) is 26.1 Å². The van der Waals surface area contributed by atoms with Crippen LogP contribution < -0.4 is 5.73 Å². The molecular weight excluding hydrogens is 192 g/mol. The lowest BCUT2D eigenvalue weighted by Crippen LogP contribution is -2.42. The van der Waals surface area contributed by atoms with E-state index in [1.807, 2.05) is 4.90 Å². The maximum Gasteiger partial charge on any atom is 0.239 e. The van der Waals surface area contributed by atoms with Crippen LogP contribution in [0.2, 0.25) is 0 Å². The quantitative estimate of drug-likeness (QED) is 0.670. The van der Waals surface area contributed by atoms with Gasteiger partial charge < -0.3 is 15.4 Å². The predicted molar refractivity (Wildman–Crippen MR) is 59.4 cm³/mol. The van der Waals surface area contributed by atoms with E-state index in [1.165, 1.54) is 0 Å². The van der Waals surface area contributed by atoms with Gasteiger partial charge in [-0.05, 0) is 12.8 Å². The van der Waals surface area contributed by atoms with E-state index in [9.17, 15) is 4.79 Å². The first-order chi connectivity index (χ1) is 7.19. The summed E-state index contributed by atoms with van der Waals surface area (Å²) >= 11 is 0. The van der Waals surface area contributed by atoms with Crippen LogP contribution in [0.1, 0.15) is 12.8 Å². The number of nitrogens with zero attached hydrogens (tertiary/aromatic N) is 1. The third kappa shape index (κ3) is 3.32. The van der Waals surface area contributed by atoms with Crippen molar-refractivity contribution in [3.63, 3.8) is 0 Å². The molecule has 1 amide bonds. The molecule has 1 saturated heterocycles. The highest BCUT2D eigenvalue weighted by molar-refractivity contribution is 5.82. The molecule has 86 valence electrons. The molecule has 1 aliphatic rings. The molecule has 1 heterocycles. The van der Waals surface area contributed by atoms with E-state index in [1.54, 1.807) is 13.2 Å². The lowest BCUT2D eigenvalue weighted by atomic mass is 10.1. The van der Waals surface area contributed by atoms with Crippen molar-refractivity contribution in [3.8, 4) is 0 Å². The molecule has 1 rings (SSSR count). The first-order valence-corrected chi connectivity index (χ1v) is 5.33. The smallest absolute Gasteiger partial charge is 0.239 e. The van der Waals surface area contributed by atoms with Crippen molar-refractivity contribution < 1.29 is 9.53 Å². The SMILES string of the molecule is C=CCC(N)C(=O)N1CCC(COC)C1.